The third kappa shape index (κ3) is 4.30. The van der Waals surface area contributed by atoms with Gasteiger partial charge in [-0.05, 0) is 56.2 Å². The minimum atomic E-state index is -0.180. The Hall–Kier alpha value is -3.35. The smallest absolute Gasteiger partial charge is 0.323 e. The minimum absolute atomic E-state index is 0.180. The number of aryl methyl sites for hydroxylation is 2. The lowest BCUT2D eigenvalue weighted by molar-refractivity contribution is 0.208. The van der Waals surface area contributed by atoms with Crippen LogP contribution in [0.25, 0.3) is 11.0 Å². The van der Waals surface area contributed by atoms with Crippen LogP contribution in [0.5, 0.6) is 5.88 Å². The topological polar surface area (TPSA) is 70.6 Å². The van der Waals surface area contributed by atoms with E-state index in [9.17, 15) is 4.79 Å². The van der Waals surface area contributed by atoms with Gasteiger partial charge in [-0.15, -0.1) is 0 Å². The summed E-state index contributed by atoms with van der Waals surface area (Å²) in [6.07, 6.45) is 0. The molecule has 1 aliphatic heterocycles. The van der Waals surface area contributed by atoms with E-state index in [-0.39, 0.29) is 6.03 Å². The molecule has 0 unspecified atom stereocenters. The molecule has 1 N–H and O–H groups in total. The molecule has 30 heavy (non-hydrogen) atoms. The van der Waals surface area contributed by atoms with Gasteiger partial charge in [0.05, 0.1) is 17.6 Å². The summed E-state index contributed by atoms with van der Waals surface area (Å²) >= 11 is 0. The number of para-hydroxylation sites is 2. The molecule has 0 saturated carbocycles. The van der Waals surface area contributed by atoms with Crippen LogP contribution in [0.3, 0.4) is 0 Å². The first-order valence-electron chi connectivity index (χ1n) is 10.3. The Labute approximate surface area is 176 Å². The van der Waals surface area contributed by atoms with Crippen molar-refractivity contribution in [2.75, 3.05) is 43.0 Å². The molecule has 1 aliphatic rings. The molecule has 156 valence electrons. The van der Waals surface area contributed by atoms with Gasteiger partial charge in [-0.2, -0.15) is 0 Å². The molecule has 2 aromatic carbocycles. The van der Waals surface area contributed by atoms with Gasteiger partial charge in [-0.25, -0.2) is 14.8 Å². The Balaban J connectivity index is 1.45. The Kier molecular flexibility index (Phi) is 5.70. The summed E-state index contributed by atoms with van der Waals surface area (Å²) in [5, 5.41) is 2.90. The normalized spacial score (nSPS) is 14.1. The molecule has 2 heterocycles. The van der Waals surface area contributed by atoms with Crippen LogP contribution >= 0.6 is 0 Å². The fourth-order valence-electron chi connectivity index (χ4n) is 3.78. The van der Waals surface area contributed by atoms with Crippen LogP contribution < -0.4 is 15.0 Å². The molecule has 2 amide bonds. The molecular weight excluding hydrogens is 378 g/mol. The highest BCUT2D eigenvalue weighted by Gasteiger charge is 2.23. The van der Waals surface area contributed by atoms with Crippen molar-refractivity contribution in [3.63, 3.8) is 0 Å². The first-order valence-corrected chi connectivity index (χ1v) is 10.3. The van der Waals surface area contributed by atoms with Gasteiger partial charge >= 0.3 is 6.03 Å². The lowest BCUT2D eigenvalue weighted by Gasteiger charge is -2.36. The zero-order valence-electron chi connectivity index (χ0n) is 17.7. The molecule has 1 fully saturated rings. The Morgan fingerprint density at radius 2 is 1.63 bits per heavy atom. The monoisotopic (exact) mass is 405 g/mol. The summed E-state index contributed by atoms with van der Waals surface area (Å²) < 4.78 is 5.62. The van der Waals surface area contributed by atoms with Crippen molar-refractivity contribution < 1.29 is 9.53 Å². The lowest BCUT2D eigenvalue weighted by Crippen LogP contribution is -2.50. The number of carbonyl (C=O) groups is 1. The van der Waals surface area contributed by atoms with Crippen LogP contribution in [0.4, 0.5) is 16.3 Å². The summed E-state index contributed by atoms with van der Waals surface area (Å²) in [6.45, 7) is 9.42. The molecule has 0 spiro atoms. The van der Waals surface area contributed by atoms with E-state index in [1.54, 1.807) is 0 Å². The zero-order valence-corrected chi connectivity index (χ0v) is 17.7. The highest BCUT2D eigenvalue weighted by molar-refractivity contribution is 5.91. The van der Waals surface area contributed by atoms with Gasteiger partial charge in [-0.3, -0.25) is 5.32 Å². The molecule has 0 radical (unpaired) electrons. The first kappa shape index (κ1) is 19.9. The molecule has 1 saturated heterocycles. The number of carbonyl (C=O) groups excluding carboxylic acids is 1. The number of nitrogens with one attached hydrogen (secondary N) is 1. The van der Waals surface area contributed by atoms with E-state index >= 15 is 0 Å². The average Bonchev–Trinajstić information content (AvgIpc) is 2.73. The van der Waals surface area contributed by atoms with E-state index in [0.29, 0.717) is 31.4 Å². The predicted molar refractivity (Wildman–Crippen MR) is 119 cm³/mol. The summed E-state index contributed by atoms with van der Waals surface area (Å²) in [4.78, 5) is 26.1. The third-order valence-corrected chi connectivity index (χ3v) is 5.18. The molecule has 7 heteroatoms. The van der Waals surface area contributed by atoms with Crippen LogP contribution in [0.2, 0.25) is 0 Å². The zero-order chi connectivity index (χ0) is 21.1. The Morgan fingerprint density at radius 1 is 1.00 bits per heavy atom. The minimum Gasteiger partial charge on any atom is -0.475 e. The van der Waals surface area contributed by atoms with Gasteiger partial charge in [0, 0.05) is 31.9 Å². The van der Waals surface area contributed by atoms with Crippen LogP contribution in [-0.4, -0.2) is 53.7 Å². The molecule has 0 atom stereocenters. The van der Waals surface area contributed by atoms with Crippen LogP contribution in [0.15, 0.2) is 42.5 Å². The van der Waals surface area contributed by atoms with Crippen molar-refractivity contribution in [3.8, 4) is 5.88 Å². The quantitative estimate of drug-likeness (QED) is 0.710. The number of aromatic nitrogens is 2. The summed E-state index contributed by atoms with van der Waals surface area (Å²) in [5.74, 6) is 0.704. The summed E-state index contributed by atoms with van der Waals surface area (Å²) in [7, 11) is 0. The van der Waals surface area contributed by atoms with E-state index in [2.05, 4.69) is 52.2 Å². The molecule has 0 aliphatic carbocycles. The molecular formula is C23H27N5O2. The number of fused-ring (bicyclic) bond motifs is 1. The molecule has 3 aromatic rings. The predicted octanol–water partition coefficient (Wildman–Crippen LogP) is 4.00. The van der Waals surface area contributed by atoms with Gasteiger partial charge < -0.3 is 14.5 Å². The van der Waals surface area contributed by atoms with Crippen LogP contribution in [-0.2, 0) is 0 Å². The third-order valence-electron chi connectivity index (χ3n) is 5.18. The lowest BCUT2D eigenvalue weighted by atomic mass is 10.1. The maximum atomic E-state index is 12.9. The maximum absolute atomic E-state index is 12.9. The van der Waals surface area contributed by atoms with Gasteiger partial charge in [0.1, 0.15) is 0 Å². The first-order chi connectivity index (χ1) is 14.5. The van der Waals surface area contributed by atoms with Crippen molar-refractivity contribution in [3.05, 3.63) is 53.6 Å². The SMILES string of the molecule is CCOc1nc2ccccc2nc1NC(=O)N1CCN(c2cc(C)cc(C)c2)CC1. The second kappa shape index (κ2) is 8.57. The number of piperazine rings is 1. The van der Waals surface area contributed by atoms with Gasteiger partial charge in [0.15, 0.2) is 5.82 Å². The van der Waals surface area contributed by atoms with E-state index in [1.807, 2.05) is 36.1 Å². The number of urea groups is 1. The molecule has 0 bridgehead atoms. The maximum Gasteiger partial charge on any atom is 0.323 e. The average molecular weight is 406 g/mol. The van der Waals surface area contributed by atoms with E-state index in [4.69, 9.17) is 4.74 Å². The number of nitrogens with zero attached hydrogens (tertiary/aromatic N) is 4. The van der Waals surface area contributed by atoms with Gasteiger partial charge in [-0.1, -0.05) is 18.2 Å². The number of amides is 2. The Bertz CT molecular complexity index is 1040. The molecule has 1 aromatic heterocycles. The molecule has 4 rings (SSSR count). The van der Waals surface area contributed by atoms with Crippen molar-refractivity contribution in [1.82, 2.24) is 14.9 Å². The van der Waals surface area contributed by atoms with Crippen molar-refractivity contribution in [2.24, 2.45) is 0 Å². The number of hydrogen-bond donors (Lipinski definition) is 1. The van der Waals surface area contributed by atoms with E-state index < -0.39 is 0 Å². The number of ether oxygens (including phenoxy) is 1. The Morgan fingerprint density at radius 3 is 2.27 bits per heavy atom. The van der Waals surface area contributed by atoms with E-state index in [1.165, 1.54) is 16.8 Å². The summed E-state index contributed by atoms with van der Waals surface area (Å²) in [5.41, 5.74) is 5.18. The number of rotatable bonds is 4. The highest BCUT2D eigenvalue weighted by Crippen LogP contribution is 2.25. The van der Waals surface area contributed by atoms with Crippen molar-refractivity contribution in [2.45, 2.75) is 20.8 Å². The second-order valence-electron chi connectivity index (χ2n) is 7.55. The van der Waals surface area contributed by atoms with Crippen LogP contribution in [0.1, 0.15) is 18.1 Å². The fraction of sp³-hybridized carbons (Fsp3) is 0.348. The fourth-order valence-corrected chi connectivity index (χ4v) is 3.78. The summed E-state index contributed by atoms with van der Waals surface area (Å²) in [6, 6.07) is 13.9. The second-order valence-corrected chi connectivity index (χ2v) is 7.55. The van der Waals surface area contributed by atoms with Crippen molar-refractivity contribution in [1.29, 1.82) is 0 Å². The largest absolute Gasteiger partial charge is 0.475 e. The number of anilines is 2. The van der Waals surface area contributed by atoms with Crippen LogP contribution in [0, 0.1) is 13.8 Å². The highest BCUT2D eigenvalue weighted by atomic mass is 16.5. The molecule has 7 nitrogen and oxygen atoms in total. The number of hydrogen-bond acceptors (Lipinski definition) is 5. The van der Waals surface area contributed by atoms with Gasteiger partial charge in [0.2, 0.25) is 0 Å². The number of benzene rings is 2. The van der Waals surface area contributed by atoms with Gasteiger partial charge in [0.25, 0.3) is 5.88 Å². The van der Waals surface area contributed by atoms with E-state index in [0.717, 1.165) is 24.1 Å². The van der Waals surface area contributed by atoms with Crippen molar-refractivity contribution >= 4 is 28.6 Å². The standard InChI is InChI=1S/C23H27N5O2/c1-4-30-22-21(24-19-7-5-6-8-20(19)25-22)26-23(29)28-11-9-27(10-12-28)18-14-16(2)13-17(3)15-18/h5-8,13-15H,4,9-12H2,1-3H3,(H,24,26,29).